The lowest BCUT2D eigenvalue weighted by molar-refractivity contribution is -0.136. The Morgan fingerprint density at radius 1 is 0.895 bits per heavy atom. The van der Waals surface area contributed by atoms with E-state index in [0.717, 1.165) is 22.2 Å². The number of carbonyl (C=O) groups is 2. The molecule has 0 aliphatic heterocycles. The minimum absolute atomic E-state index is 0.191. The van der Waals surface area contributed by atoms with E-state index in [9.17, 15) is 18.0 Å². The lowest BCUT2D eigenvalue weighted by Crippen LogP contribution is -2.30. The van der Waals surface area contributed by atoms with E-state index >= 15 is 0 Å². The molecule has 0 bridgehead atoms. The number of aryl methyl sites for hydroxylation is 1. The van der Waals surface area contributed by atoms with Crippen molar-refractivity contribution in [2.75, 3.05) is 19.7 Å². The first-order chi connectivity index (χ1) is 18.3. The molecule has 0 saturated heterocycles. The van der Waals surface area contributed by atoms with Gasteiger partial charge in [-0.2, -0.15) is 4.31 Å². The average Bonchev–Trinajstić information content (AvgIpc) is 3.24. The Morgan fingerprint density at radius 2 is 1.53 bits per heavy atom. The molecule has 0 radical (unpaired) electrons. The van der Waals surface area contributed by atoms with Crippen molar-refractivity contribution in [2.24, 2.45) is 7.05 Å². The number of Topliss-reactive ketones (excluding diaryl/α,β-unsaturated/α-hetero) is 1. The monoisotopic (exact) mass is 530 g/mol. The summed E-state index contributed by atoms with van der Waals surface area (Å²) < 4.78 is 33.9. The summed E-state index contributed by atoms with van der Waals surface area (Å²) in [6, 6.07) is 23.5. The van der Waals surface area contributed by atoms with E-state index < -0.39 is 22.6 Å². The van der Waals surface area contributed by atoms with Crippen molar-refractivity contribution >= 4 is 38.8 Å². The molecule has 0 N–H and O–H groups in total. The van der Waals surface area contributed by atoms with Crippen molar-refractivity contribution in [1.82, 2.24) is 8.87 Å². The Bertz CT molecular complexity index is 1580. The molecule has 1 aromatic heterocycles. The minimum Gasteiger partial charge on any atom is -0.454 e. The molecule has 3 aromatic carbocycles. The SMILES string of the molecule is CCN(CC)S(=O)(=O)c1ccc(/C=C/C(=O)OCC(=O)c2c(-c3ccccc3)n(C)c3ccccc23)cc1. The molecular weight excluding hydrogens is 500 g/mol. The van der Waals surface area contributed by atoms with Crippen molar-refractivity contribution in [2.45, 2.75) is 18.7 Å². The number of ether oxygens (including phenoxy) is 1. The van der Waals surface area contributed by atoms with Crippen LogP contribution in [0.1, 0.15) is 29.8 Å². The highest BCUT2D eigenvalue weighted by molar-refractivity contribution is 7.89. The molecule has 196 valence electrons. The zero-order chi connectivity index (χ0) is 27.3. The Hall–Kier alpha value is -4.01. The number of hydrogen-bond donors (Lipinski definition) is 0. The van der Waals surface area contributed by atoms with E-state index in [1.54, 1.807) is 26.0 Å². The average molecular weight is 531 g/mol. The number of rotatable bonds is 10. The van der Waals surface area contributed by atoms with E-state index in [2.05, 4.69) is 0 Å². The molecule has 0 aliphatic carbocycles. The third-order valence-electron chi connectivity index (χ3n) is 6.41. The second kappa shape index (κ2) is 11.6. The fourth-order valence-corrected chi connectivity index (χ4v) is 5.95. The number of carbonyl (C=O) groups excluding carboxylic acids is 2. The lowest BCUT2D eigenvalue weighted by Gasteiger charge is -2.18. The Labute approximate surface area is 223 Å². The summed E-state index contributed by atoms with van der Waals surface area (Å²) in [5.74, 6) is -0.965. The summed E-state index contributed by atoms with van der Waals surface area (Å²) in [5.41, 5.74) is 3.71. The lowest BCUT2D eigenvalue weighted by atomic mass is 10.0. The van der Waals surface area contributed by atoms with Crippen LogP contribution < -0.4 is 0 Å². The van der Waals surface area contributed by atoms with Crippen LogP contribution in [-0.4, -0.2) is 48.7 Å². The summed E-state index contributed by atoms with van der Waals surface area (Å²) in [6.45, 7) is 3.94. The van der Waals surface area contributed by atoms with E-state index in [1.165, 1.54) is 28.6 Å². The summed E-state index contributed by atoms with van der Waals surface area (Å²) in [6.07, 6.45) is 2.75. The van der Waals surface area contributed by atoms with Gasteiger partial charge in [-0.25, -0.2) is 13.2 Å². The molecule has 0 unspecified atom stereocenters. The maximum Gasteiger partial charge on any atom is 0.331 e. The molecule has 0 fully saturated rings. The van der Waals surface area contributed by atoms with Gasteiger partial charge in [-0.15, -0.1) is 0 Å². The summed E-state index contributed by atoms with van der Waals surface area (Å²) >= 11 is 0. The summed E-state index contributed by atoms with van der Waals surface area (Å²) in [5, 5.41) is 0.796. The van der Waals surface area contributed by atoms with Gasteiger partial charge in [-0.1, -0.05) is 74.5 Å². The van der Waals surface area contributed by atoms with Crippen LogP contribution in [0.5, 0.6) is 0 Å². The number of nitrogens with zero attached hydrogens (tertiary/aromatic N) is 2. The molecule has 1 heterocycles. The summed E-state index contributed by atoms with van der Waals surface area (Å²) in [4.78, 5) is 25.9. The van der Waals surface area contributed by atoms with Gasteiger partial charge < -0.3 is 9.30 Å². The third-order valence-corrected chi connectivity index (χ3v) is 8.48. The van der Waals surface area contributed by atoms with E-state index in [1.807, 2.05) is 66.2 Å². The molecule has 0 amide bonds. The van der Waals surface area contributed by atoms with Gasteiger partial charge >= 0.3 is 5.97 Å². The first kappa shape index (κ1) is 27.0. The standard InChI is InChI=1S/C30H30N2O5S/c1-4-32(5-2)38(35,36)24-18-15-22(16-19-24)17-20-28(34)37-21-27(33)29-25-13-9-10-14-26(25)31(3)30(29)23-11-7-6-8-12-23/h6-20H,4-5,21H2,1-3H3/b20-17+. The van der Waals surface area contributed by atoms with Crippen molar-refractivity contribution in [3.63, 3.8) is 0 Å². The van der Waals surface area contributed by atoms with Gasteiger partial charge in [-0.3, -0.25) is 4.79 Å². The number of benzene rings is 3. The van der Waals surface area contributed by atoms with Gasteiger partial charge in [0.1, 0.15) is 0 Å². The Kier molecular flexibility index (Phi) is 8.24. The molecule has 4 aromatic rings. The number of aromatic nitrogens is 1. The van der Waals surface area contributed by atoms with Crippen LogP contribution in [0.15, 0.2) is 89.8 Å². The van der Waals surface area contributed by atoms with Crippen LogP contribution >= 0.6 is 0 Å². The number of hydrogen-bond acceptors (Lipinski definition) is 5. The molecule has 4 rings (SSSR count). The maximum atomic E-state index is 13.3. The Balaban J connectivity index is 1.48. The topological polar surface area (TPSA) is 85.7 Å². The molecule has 8 heteroatoms. The van der Waals surface area contributed by atoms with Crippen LogP contribution in [-0.2, 0) is 26.6 Å². The van der Waals surface area contributed by atoms with Gasteiger partial charge in [0.2, 0.25) is 15.8 Å². The predicted molar refractivity (Wildman–Crippen MR) is 149 cm³/mol. The number of esters is 1. The van der Waals surface area contributed by atoms with Gasteiger partial charge in [0, 0.05) is 37.1 Å². The molecule has 7 nitrogen and oxygen atoms in total. The van der Waals surface area contributed by atoms with E-state index in [4.69, 9.17) is 4.74 Å². The van der Waals surface area contributed by atoms with Crippen LogP contribution in [0.4, 0.5) is 0 Å². The molecule has 0 saturated carbocycles. The highest BCUT2D eigenvalue weighted by Gasteiger charge is 2.23. The number of sulfonamides is 1. The van der Waals surface area contributed by atoms with Gasteiger partial charge in [0.15, 0.2) is 6.61 Å². The number of para-hydroxylation sites is 1. The van der Waals surface area contributed by atoms with Crippen LogP contribution in [0.25, 0.3) is 28.2 Å². The minimum atomic E-state index is -3.55. The molecule has 38 heavy (non-hydrogen) atoms. The zero-order valence-corrected chi connectivity index (χ0v) is 22.4. The highest BCUT2D eigenvalue weighted by atomic mass is 32.2. The van der Waals surface area contributed by atoms with E-state index in [-0.39, 0.29) is 10.7 Å². The largest absolute Gasteiger partial charge is 0.454 e. The molecular formula is C30H30N2O5S. The van der Waals surface area contributed by atoms with Crippen molar-refractivity contribution in [3.8, 4) is 11.3 Å². The second-order valence-electron chi connectivity index (χ2n) is 8.69. The van der Waals surface area contributed by atoms with Crippen molar-refractivity contribution in [1.29, 1.82) is 0 Å². The fourth-order valence-electron chi connectivity index (χ4n) is 4.49. The number of fused-ring (bicyclic) bond motifs is 1. The van der Waals surface area contributed by atoms with Crippen LogP contribution in [0.2, 0.25) is 0 Å². The molecule has 0 atom stereocenters. The smallest absolute Gasteiger partial charge is 0.331 e. The maximum absolute atomic E-state index is 13.3. The normalized spacial score (nSPS) is 11.9. The Morgan fingerprint density at radius 3 is 2.18 bits per heavy atom. The van der Waals surface area contributed by atoms with Crippen LogP contribution in [0, 0.1) is 0 Å². The van der Waals surface area contributed by atoms with E-state index in [0.29, 0.717) is 24.2 Å². The quantitative estimate of drug-likeness (QED) is 0.157. The number of ketones is 1. The molecule has 0 aliphatic rings. The van der Waals surface area contributed by atoms with Crippen molar-refractivity contribution in [3.05, 3.63) is 96.1 Å². The van der Waals surface area contributed by atoms with Gasteiger partial charge in [-0.05, 0) is 35.4 Å². The first-order valence-corrected chi connectivity index (χ1v) is 13.8. The molecule has 0 spiro atoms. The highest BCUT2D eigenvalue weighted by Crippen LogP contribution is 2.33. The fraction of sp³-hybridized carbons (Fsp3) is 0.200. The first-order valence-electron chi connectivity index (χ1n) is 12.4. The van der Waals surface area contributed by atoms with Gasteiger partial charge in [0.25, 0.3) is 0 Å². The predicted octanol–water partition coefficient (Wildman–Crippen LogP) is 5.32. The van der Waals surface area contributed by atoms with Crippen LogP contribution in [0.3, 0.4) is 0 Å². The third kappa shape index (κ3) is 5.46. The second-order valence-corrected chi connectivity index (χ2v) is 10.6. The van der Waals surface area contributed by atoms with Gasteiger partial charge in [0.05, 0.1) is 16.2 Å². The van der Waals surface area contributed by atoms with Crippen molar-refractivity contribution < 1.29 is 22.7 Å². The zero-order valence-electron chi connectivity index (χ0n) is 21.6. The summed E-state index contributed by atoms with van der Waals surface area (Å²) in [7, 11) is -1.64.